The van der Waals surface area contributed by atoms with Crippen LogP contribution in [0.5, 0.6) is 0 Å². The van der Waals surface area contributed by atoms with Gasteiger partial charge in [0.15, 0.2) is 5.69 Å². The van der Waals surface area contributed by atoms with Gasteiger partial charge in [0.1, 0.15) is 0 Å². The quantitative estimate of drug-likeness (QED) is 0.133. The second-order valence-electron chi connectivity index (χ2n) is 13.1. The highest BCUT2D eigenvalue weighted by Crippen LogP contribution is 2.32. The van der Waals surface area contributed by atoms with E-state index < -0.39 is 15.9 Å². The van der Waals surface area contributed by atoms with E-state index in [0.29, 0.717) is 43.9 Å². The first-order valence-corrected chi connectivity index (χ1v) is 20.1. The van der Waals surface area contributed by atoms with Gasteiger partial charge in [0.2, 0.25) is 0 Å². The summed E-state index contributed by atoms with van der Waals surface area (Å²) in [5, 5.41) is 1.63. The van der Waals surface area contributed by atoms with Gasteiger partial charge in [0.05, 0.1) is 16.9 Å². The zero-order chi connectivity index (χ0) is 37.0. The van der Waals surface area contributed by atoms with Gasteiger partial charge >= 0.3 is 0 Å². The van der Waals surface area contributed by atoms with Crippen molar-refractivity contribution in [3.05, 3.63) is 117 Å². The Kier molecular flexibility index (Phi) is 11.4. The molecule has 0 saturated heterocycles. The lowest BCUT2D eigenvalue weighted by atomic mass is 9.95. The number of hydrogen-bond acceptors (Lipinski definition) is 6. The van der Waals surface area contributed by atoms with Gasteiger partial charge < -0.3 is 14.4 Å². The molecule has 0 atom stereocenters. The number of nitrogens with zero attached hydrogens (tertiary/aromatic N) is 4. The van der Waals surface area contributed by atoms with E-state index in [2.05, 4.69) is 52.2 Å². The lowest BCUT2D eigenvalue weighted by molar-refractivity contribution is 0.0729. The fourth-order valence-electron chi connectivity index (χ4n) is 6.60. The van der Waals surface area contributed by atoms with E-state index in [-0.39, 0.29) is 33.5 Å². The maximum absolute atomic E-state index is 14.5. The summed E-state index contributed by atoms with van der Waals surface area (Å²) >= 11 is 2.15. The Balaban J connectivity index is 1.39. The minimum atomic E-state index is -4.27. The first-order chi connectivity index (χ1) is 25.0. The van der Waals surface area contributed by atoms with Gasteiger partial charge in [-0.15, -0.1) is 0 Å². The maximum Gasteiger partial charge on any atom is 0.274 e. The molecule has 0 saturated carbocycles. The molecule has 3 amide bonds. The molecule has 10 nitrogen and oxygen atoms in total. The number of hydrogen-bond donors (Lipinski definition) is 1. The molecule has 6 rings (SSSR count). The third kappa shape index (κ3) is 7.77. The predicted molar refractivity (Wildman–Crippen MR) is 211 cm³/mol. The average Bonchev–Trinajstić information content (AvgIpc) is 3.54. The largest absolute Gasteiger partial charge is 0.337 e. The molecule has 0 unspecified atom stereocenters. The number of benzene rings is 4. The van der Waals surface area contributed by atoms with Crippen LogP contribution in [0.15, 0.2) is 90.1 Å². The third-order valence-corrected chi connectivity index (χ3v) is 11.8. The van der Waals surface area contributed by atoms with Crippen LogP contribution in [-0.4, -0.2) is 65.1 Å². The SMILES string of the molecule is CCCCN(CCCC)C(=O)c1ncn(C)c1-c1ccc(C(=O)NS(=O)(=O)c2ccc3cccc(I)c3c2)cc1C(=O)N1CCc2ccccc2C1. The van der Waals surface area contributed by atoms with E-state index in [1.54, 1.807) is 41.0 Å². The molecule has 0 fully saturated rings. The molecule has 0 spiro atoms. The Morgan fingerprint density at radius 1 is 0.904 bits per heavy atom. The van der Waals surface area contributed by atoms with E-state index in [1.807, 2.05) is 41.3 Å². The highest BCUT2D eigenvalue weighted by Gasteiger charge is 2.30. The van der Waals surface area contributed by atoms with Crippen molar-refractivity contribution >= 4 is 61.1 Å². The van der Waals surface area contributed by atoms with E-state index >= 15 is 0 Å². The number of halogens is 1. The van der Waals surface area contributed by atoms with Crippen molar-refractivity contribution in [1.29, 1.82) is 0 Å². The lowest BCUT2D eigenvalue weighted by Gasteiger charge is -2.30. The van der Waals surface area contributed by atoms with Crippen LogP contribution in [0.3, 0.4) is 0 Å². The summed E-state index contributed by atoms with van der Waals surface area (Å²) in [6, 6.07) is 22.9. The fraction of sp³-hybridized carbons (Fsp3) is 0.300. The normalized spacial score (nSPS) is 12.8. The second kappa shape index (κ2) is 16.0. The molecule has 0 radical (unpaired) electrons. The van der Waals surface area contributed by atoms with Crippen molar-refractivity contribution in [3.63, 3.8) is 0 Å². The Morgan fingerprint density at radius 3 is 2.37 bits per heavy atom. The van der Waals surface area contributed by atoms with Crippen LogP contribution in [0.2, 0.25) is 0 Å². The van der Waals surface area contributed by atoms with Crippen molar-refractivity contribution in [1.82, 2.24) is 24.1 Å². The number of carbonyl (C=O) groups is 3. The van der Waals surface area contributed by atoms with Gasteiger partial charge in [0.25, 0.3) is 27.7 Å². The topological polar surface area (TPSA) is 122 Å². The molecule has 0 aliphatic carbocycles. The van der Waals surface area contributed by atoms with Crippen LogP contribution in [0.1, 0.15) is 81.9 Å². The molecule has 5 aromatic rings. The predicted octanol–water partition coefficient (Wildman–Crippen LogP) is 7.20. The number of nitrogens with one attached hydrogen (secondary N) is 1. The molecule has 0 bridgehead atoms. The molecule has 12 heteroatoms. The third-order valence-electron chi connectivity index (χ3n) is 9.51. The fourth-order valence-corrected chi connectivity index (χ4v) is 8.27. The zero-order valence-corrected chi connectivity index (χ0v) is 32.5. The summed E-state index contributed by atoms with van der Waals surface area (Å²) in [6.45, 7) is 6.18. The molecule has 2 heterocycles. The molecule has 1 aromatic heterocycles. The first kappa shape index (κ1) is 37.2. The minimum absolute atomic E-state index is 0.00832. The van der Waals surface area contributed by atoms with Crippen LogP contribution in [0.25, 0.3) is 22.0 Å². The van der Waals surface area contributed by atoms with Crippen molar-refractivity contribution in [2.45, 2.75) is 57.4 Å². The molecule has 1 N–H and O–H groups in total. The first-order valence-electron chi connectivity index (χ1n) is 17.6. The molecule has 1 aliphatic heterocycles. The van der Waals surface area contributed by atoms with Gasteiger partial charge in [-0.1, -0.05) is 75.2 Å². The van der Waals surface area contributed by atoms with Crippen molar-refractivity contribution in [3.8, 4) is 11.3 Å². The number of unbranched alkanes of at least 4 members (excludes halogenated alkanes) is 2. The number of aryl methyl sites for hydroxylation is 1. The van der Waals surface area contributed by atoms with Gasteiger partial charge in [-0.3, -0.25) is 14.4 Å². The molecular formula is C40H42IN5O5S. The molecule has 4 aromatic carbocycles. The number of aromatic nitrogens is 2. The number of sulfonamides is 1. The summed E-state index contributed by atoms with van der Waals surface area (Å²) < 4.78 is 31.8. The second-order valence-corrected chi connectivity index (χ2v) is 16.0. The smallest absolute Gasteiger partial charge is 0.274 e. The molecular weight excluding hydrogens is 789 g/mol. The van der Waals surface area contributed by atoms with Gasteiger partial charge in [-0.2, -0.15) is 0 Å². The van der Waals surface area contributed by atoms with E-state index in [0.717, 1.165) is 45.6 Å². The summed E-state index contributed by atoms with van der Waals surface area (Å²) in [4.78, 5) is 50.3. The van der Waals surface area contributed by atoms with Crippen LogP contribution < -0.4 is 4.72 Å². The molecule has 52 heavy (non-hydrogen) atoms. The Hall–Kier alpha value is -4.56. The van der Waals surface area contributed by atoms with Crippen LogP contribution in [0.4, 0.5) is 0 Å². The highest BCUT2D eigenvalue weighted by atomic mass is 127. The number of rotatable bonds is 12. The van der Waals surface area contributed by atoms with E-state index in [4.69, 9.17) is 0 Å². The number of imidazole rings is 1. The lowest BCUT2D eigenvalue weighted by Crippen LogP contribution is -2.37. The van der Waals surface area contributed by atoms with E-state index in [1.165, 1.54) is 23.8 Å². The maximum atomic E-state index is 14.5. The van der Waals surface area contributed by atoms with Crippen LogP contribution in [-0.2, 0) is 30.0 Å². The monoisotopic (exact) mass is 831 g/mol. The number of carbonyl (C=O) groups excluding carboxylic acids is 3. The standard InChI is InChI=1S/C40H42IN5O5S/c1-4-6-20-45(21-7-5-2)40(49)36-37(44(3)26-42-36)32-18-16-29(23-34(32)39(48)46-22-19-27-11-8-9-12-30(27)25-46)38(47)43-52(50,51)31-17-15-28-13-10-14-35(41)33(28)24-31/h8-18,23-24,26H,4-7,19-22,25H2,1-3H3,(H,43,47). The van der Waals surface area contributed by atoms with Crippen molar-refractivity contribution in [2.75, 3.05) is 19.6 Å². The Labute approximate surface area is 318 Å². The highest BCUT2D eigenvalue weighted by molar-refractivity contribution is 14.1. The summed E-state index contributed by atoms with van der Waals surface area (Å²) in [5.41, 5.74) is 3.48. The van der Waals surface area contributed by atoms with Crippen molar-refractivity contribution in [2.24, 2.45) is 7.05 Å². The van der Waals surface area contributed by atoms with E-state index in [9.17, 15) is 22.8 Å². The summed E-state index contributed by atoms with van der Waals surface area (Å²) in [6.07, 6.45) is 5.79. The zero-order valence-electron chi connectivity index (χ0n) is 29.6. The number of fused-ring (bicyclic) bond motifs is 2. The van der Waals surface area contributed by atoms with Gasteiger partial charge in [0, 0.05) is 53.5 Å². The Morgan fingerprint density at radius 2 is 1.63 bits per heavy atom. The number of amides is 3. The van der Waals surface area contributed by atoms with Gasteiger partial charge in [-0.25, -0.2) is 18.1 Å². The van der Waals surface area contributed by atoms with Crippen LogP contribution >= 0.6 is 22.6 Å². The average molecular weight is 832 g/mol. The molecule has 1 aliphatic rings. The molecule has 270 valence electrons. The summed E-state index contributed by atoms with van der Waals surface area (Å²) in [5.74, 6) is -1.43. The van der Waals surface area contributed by atoms with Gasteiger partial charge in [-0.05, 0) is 94.1 Å². The minimum Gasteiger partial charge on any atom is -0.337 e. The Bertz CT molecular complexity index is 2260. The van der Waals surface area contributed by atoms with Crippen LogP contribution in [0, 0.1) is 3.57 Å². The summed E-state index contributed by atoms with van der Waals surface area (Å²) in [7, 11) is -2.50. The van der Waals surface area contributed by atoms with Crippen molar-refractivity contribution < 1.29 is 22.8 Å².